The molecular formula is C18H32O2. The van der Waals surface area contributed by atoms with Crippen molar-refractivity contribution in [1.29, 1.82) is 0 Å². The Balaban J connectivity index is 0. The SMILES string of the molecule is CC(C)C(=O)C(C)C.CCCCO.Cc1ccccc1. The van der Waals surface area contributed by atoms with Gasteiger partial charge in [0.05, 0.1) is 0 Å². The molecule has 20 heavy (non-hydrogen) atoms. The Bertz CT molecular complexity index is 303. The summed E-state index contributed by atoms with van der Waals surface area (Å²) in [4.78, 5) is 10.8. The molecule has 2 heteroatoms. The molecule has 0 spiro atoms. The van der Waals surface area contributed by atoms with Crippen molar-refractivity contribution in [3.8, 4) is 0 Å². The fourth-order valence-corrected chi connectivity index (χ4v) is 1.36. The first-order valence-electron chi connectivity index (χ1n) is 7.52. The van der Waals surface area contributed by atoms with Gasteiger partial charge in [0.2, 0.25) is 0 Å². The van der Waals surface area contributed by atoms with Gasteiger partial charge in [-0.3, -0.25) is 4.79 Å². The molecule has 0 heterocycles. The van der Waals surface area contributed by atoms with Crippen LogP contribution in [0.25, 0.3) is 0 Å². The van der Waals surface area contributed by atoms with Gasteiger partial charge in [-0.15, -0.1) is 0 Å². The Kier molecular flexibility index (Phi) is 15.1. The average molecular weight is 280 g/mol. The molecule has 1 aromatic carbocycles. The topological polar surface area (TPSA) is 37.3 Å². The van der Waals surface area contributed by atoms with E-state index in [1.54, 1.807) is 0 Å². The highest BCUT2D eigenvalue weighted by molar-refractivity contribution is 5.81. The molecule has 0 aliphatic carbocycles. The predicted molar refractivity (Wildman–Crippen MR) is 87.9 cm³/mol. The van der Waals surface area contributed by atoms with Gasteiger partial charge in [-0.25, -0.2) is 0 Å². The molecule has 0 fully saturated rings. The summed E-state index contributed by atoms with van der Waals surface area (Å²) in [5.41, 5.74) is 1.32. The van der Waals surface area contributed by atoms with Crippen molar-refractivity contribution in [1.82, 2.24) is 0 Å². The number of Topliss-reactive ketones (excluding diaryl/α,β-unsaturated/α-hetero) is 1. The van der Waals surface area contributed by atoms with Crippen LogP contribution in [0.2, 0.25) is 0 Å². The Labute approximate surface area is 125 Å². The van der Waals surface area contributed by atoms with E-state index in [-0.39, 0.29) is 11.8 Å². The summed E-state index contributed by atoms with van der Waals surface area (Å²) in [5.74, 6) is 0.759. The molecule has 0 radical (unpaired) electrons. The molecule has 0 unspecified atom stereocenters. The van der Waals surface area contributed by atoms with Crippen molar-refractivity contribution in [3.63, 3.8) is 0 Å². The van der Waals surface area contributed by atoms with E-state index >= 15 is 0 Å². The smallest absolute Gasteiger partial charge is 0.137 e. The van der Waals surface area contributed by atoms with Gasteiger partial charge in [-0.1, -0.05) is 76.9 Å². The second kappa shape index (κ2) is 14.3. The largest absolute Gasteiger partial charge is 0.396 e. The molecule has 0 atom stereocenters. The van der Waals surface area contributed by atoms with Crippen LogP contribution in [0.5, 0.6) is 0 Å². The second-order valence-corrected chi connectivity index (χ2v) is 5.44. The van der Waals surface area contributed by atoms with E-state index < -0.39 is 0 Å². The highest BCUT2D eigenvalue weighted by Crippen LogP contribution is 2.03. The number of aryl methyl sites for hydroxylation is 1. The van der Waals surface area contributed by atoms with E-state index in [4.69, 9.17) is 5.11 Å². The van der Waals surface area contributed by atoms with E-state index in [1.807, 2.05) is 45.9 Å². The van der Waals surface area contributed by atoms with Gasteiger partial charge >= 0.3 is 0 Å². The molecule has 0 aliphatic rings. The van der Waals surface area contributed by atoms with E-state index in [2.05, 4.69) is 26.0 Å². The van der Waals surface area contributed by atoms with Gasteiger partial charge in [-0.05, 0) is 13.3 Å². The maximum Gasteiger partial charge on any atom is 0.137 e. The van der Waals surface area contributed by atoms with Crippen LogP contribution in [-0.2, 0) is 4.79 Å². The number of hydrogen-bond donors (Lipinski definition) is 1. The second-order valence-electron chi connectivity index (χ2n) is 5.44. The molecule has 0 saturated carbocycles. The first-order chi connectivity index (χ1) is 9.36. The third kappa shape index (κ3) is 14.9. The number of unbranched alkanes of at least 4 members (excludes halogenated alkanes) is 1. The van der Waals surface area contributed by atoms with E-state index in [0.29, 0.717) is 12.4 Å². The third-order valence-corrected chi connectivity index (χ3v) is 2.59. The van der Waals surface area contributed by atoms with Crippen molar-refractivity contribution < 1.29 is 9.90 Å². The standard InChI is InChI=1S/C7H14O.C7H8.C4H10O/c1-5(2)7(8)6(3)4;1-7-5-3-2-4-6-7;1-2-3-4-5/h5-6H,1-4H3;2-6H,1H3;5H,2-4H2,1H3. The number of benzene rings is 1. The maximum atomic E-state index is 10.8. The van der Waals surface area contributed by atoms with E-state index in [0.717, 1.165) is 12.8 Å². The number of carbonyl (C=O) groups is 1. The number of rotatable bonds is 4. The molecule has 116 valence electrons. The lowest BCUT2D eigenvalue weighted by Crippen LogP contribution is -2.13. The van der Waals surface area contributed by atoms with Crippen LogP contribution in [0.4, 0.5) is 0 Å². The van der Waals surface area contributed by atoms with Crippen LogP contribution in [0, 0.1) is 18.8 Å². The molecule has 0 saturated heterocycles. The van der Waals surface area contributed by atoms with E-state index in [1.165, 1.54) is 5.56 Å². The minimum absolute atomic E-state index is 0.204. The van der Waals surface area contributed by atoms with E-state index in [9.17, 15) is 4.79 Å². The lowest BCUT2D eigenvalue weighted by Gasteiger charge is -2.05. The Morgan fingerprint density at radius 3 is 1.60 bits per heavy atom. The molecular weight excluding hydrogens is 248 g/mol. The van der Waals surface area contributed by atoms with Crippen LogP contribution in [-0.4, -0.2) is 17.5 Å². The zero-order valence-corrected chi connectivity index (χ0v) is 14.0. The number of hydrogen-bond acceptors (Lipinski definition) is 2. The summed E-state index contributed by atoms with van der Waals surface area (Å²) in [6.07, 6.45) is 2.04. The first-order valence-corrected chi connectivity index (χ1v) is 7.52. The van der Waals surface area contributed by atoms with Crippen molar-refractivity contribution in [2.45, 2.75) is 54.4 Å². The molecule has 1 N–H and O–H groups in total. The summed E-state index contributed by atoms with van der Waals surface area (Å²) < 4.78 is 0. The zero-order chi connectivity index (χ0) is 16.0. The van der Waals surface area contributed by atoms with Crippen LogP contribution < -0.4 is 0 Å². The fourth-order valence-electron chi connectivity index (χ4n) is 1.36. The lowest BCUT2D eigenvalue weighted by molar-refractivity contribution is -0.124. The van der Waals surface area contributed by atoms with Crippen molar-refractivity contribution in [2.24, 2.45) is 11.8 Å². The normalized spacial score (nSPS) is 9.45. The number of aliphatic hydroxyl groups is 1. The summed E-state index contributed by atoms with van der Waals surface area (Å²) in [7, 11) is 0. The Morgan fingerprint density at radius 2 is 1.50 bits per heavy atom. The van der Waals surface area contributed by atoms with Crippen LogP contribution in [0.15, 0.2) is 30.3 Å². The molecule has 0 amide bonds. The molecule has 1 aromatic rings. The van der Waals surface area contributed by atoms with Crippen molar-refractivity contribution in [2.75, 3.05) is 6.61 Å². The molecule has 0 aliphatic heterocycles. The van der Waals surface area contributed by atoms with Gasteiger partial charge in [0, 0.05) is 18.4 Å². The predicted octanol–water partition coefficient (Wildman–Crippen LogP) is 4.64. The number of ketones is 1. The highest BCUT2D eigenvalue weighted by Gasteiger charge is 2.09. The summed E-state index contributed by atoms with van der Waals surface area (Å²) >= 11 is 0. The molecule has 0 aromatic heterocycles. The van der Waals surface area contributed by atoms with Gasteiger partial charge in [0.1, 0.15) is 5.78 Å². The minimum Gasteiger partial charge on any atom is -0.396 e. The highest BCUT2D eigenvalue weighted by atomic mass is 16.2. The Hall–Kier alpha value is -1.15. The van der Waals surface area contributed by atoms with Crippen LogP contribution in [0.1, 0.15) is 53.0 Å². The lowest BCUT2D eigenvalue weighted by atomic mass is 9.99. The van der Waals surface area contributed by atoms with Gasteiger partial charge in [-0.2, -0.15) is 0 Å². The summed E-state index contributed by atoms with van der Waals surface area (Å²) in [6, 6.07) is 10.3. The van der Waals surface area contributed by atoms with Crippen molar-refractivity contribution in [3.05, 3.63) is 35.9 Å². The van der Waals surface area contributed by atoms with Gasteiger partial charge < -0.3 is 5.11 Å². The Morgan fingerprint density at radius 1 is 1.05 bits per heavy atom. The molecule has 1 rings (SSSR count). The molecule has 0 bridgehead atoms. The minimum atomic E-state index is 0.204. The third-order valence-electron chi connectivity index (χ3n) is 2.59. The number of aliphatic hydroxyl groups excluding tert-OH is 1. The quantitative estimate of drug-likeness (QED) is 0.872. The van der Waals surface area contributed by atoms with Crippen LogP contribution in [0.3, 0.4) is 0 Å². The van der Waals surface area contributed by atoms with Crippen LogP contribution >= 0.6 is 0 Å². The van der Waals surface area contributed by atoms with Gasteiger partial charge in [0.15, 0.2) is 0 Å². The zero-order valence-electron chi connectivity index (χ0n) is 14.0. The summed E-state index contributed by atoms with van der Waals surface area (Å²) in [5, 5.41) is 8.07. The maximum absolute atomic E-state index is 10.8. The number of carbonyl (C=O) groups excluding carboxylic acids is 1. The first kappa shape index (κ1) is 21.2. The fraction of sp³-hybridized carbons (Fsp3) is 0.611. The average Bonchev–Trinajstić information content (AvgIpc) is 2.41. The monoisotopic (exact) mass is 280 g/mol. The van der Waals surface area contributed by atoms with Crippen molar-refractivity contribution >= 4 is 5.78 Å². The van der Waals surface area contributed by atoms with Gasteiger partial charge in [0.25, 0.3) is 0 Å². The molecule has 2 nitrogen and oxygen atoms in total. The summed E-state index contributed by atoms with van der Waals surface area (Å²) in [6.45, 7) is 12.2.